The summed E-state index contributed by atoms with van der Waals surface area (Å²) in [5, 5.41) is 8.78. The molecule has 2 amide bonds. The maximum absolute atomic E-state index is 10.8. The highest BCUT2D eigenvalue weighted by Gasteiger charge is 2.17. The van der Waals surface area contributed by atoms with Gasteiger partial charge in [0, 0.05) is 6.54 Å². The molecule has 0 saturated carbocycles. The molecule has 0 aromatic carbocycles. The topological polar surface area (TPSA) is 120 Å². The normalized spacial score (nSPS) is 11.6. The number of rotatable bonds is 8. The largest absolute Gasteiger partial charge is 0.480 e. The molecule has 0 heterocycles. The highest BCUT2D eigenvalue weighted by molar-refractivity contribution is 7.81. The van der Waals surface area contributed by atoms with E-state index >= 15 is 0 Å². The summed E-state index contributed by atoms with van der Waals surface area (Å²) >= 11 is 7.41. The van der Waals surface area contributed by atoms with Crippen LogP contribution in [0.4, 0.5) is 0 Å². The van der Waals surface area contributed by atoms with E-state index in [1.54, 1.807) is 0 Å². The summed E-state index contributed by atoms with van der Waals surface area (Å²) in [5.41, 5.74) is 9.05. The van der Waals surface area contributed by atoms with Crippen molar-refractivity contribution >= 4 is 43.0 Å². The third-order valence-corrected chi connectivity index (χ3v) is 2.08. The van der Waals surface area contributed by atoms with Gasteiger partial charge in [0.05, 0.1) is 11.5 Å². The van der Waals surface area contributed by atoms with Gasteiger partial charge in [-0.25, -0.2) is 10.9 Å². The molecular formula is C7H14N4O4S2. The fourth-order valence-corrected chi connectivity index (χ4v) is 0.857. The van der Waals surface area contributed by atoms with Crippen LogP contribution in [0.5, 0.6) is 0 Å². The monoisotopic (exact) mass is 282 g/mol. The van der Waals surface area contributed by atoms with Gasteiger partial charge in [0.2, 0.25) is 11.8 Å². The Bertz CT molecular complexity index is 289. The molecule has 0 rings (SSSR count). The van der Waals surface area contributed by atoms with E-state index in [0.29, 0.717) is 0 Å². The Balaban J connectivity index is 3.95. The summed E-state index contributed by atoms with van der Waals surface area (Å²) in [5.74, 6) is -2.12. The van der Waals surface area contributed by atoms with Crippen molar-refractivity contribution in [3.05, 3.63) is 0 Å². The zero-order chi connectivity index (χ0) is 13.3. The van der Waals surface area contributed by atoms with Crippen LogP contribution in [0, 0.1) is 0 Å². The number of carbonyl (C=O) groups excluding carboxylic acids is 2. The number of carbonyl (C=O) groups is 3. The maximum atomic E-state index is 10.8. The van der Waals surface area contributed by atoms with E-state index in [4.69, 9.17) is 5.11 Å². The molecule has 1 unspecified atom stereocenters. The van der Waals surface area contributed by atoms with Crippen LogP contribution in [0.3, 0.4) is 0 Å². The number of hydrogen-bond acceptors (Lipinski definition) is 7. The molecule has 1 atom stereocenters. The molecule has 0 fully saturated rings. The average Bonchev–Trinajstić information content (AvgIpc) is 2.31. The molecule has 0 bridgehead atoms. The minimum Gasteiger partial charge on any atom is -0.480 e. The standard InChI is InChI=1S/C7H14N4O4S2/c12-5(2-16)10-8-1-4(7(14)15)9-11-6(13)3-17/h4,8-9,16-17H,1-3H2,(H,10,12)(H,11,13)(H,14,15). The van der Waals surface area contributed by atoms with E-state index in [9.17, 15) is 14.4 Å². The lowest BCUT2D eigenvalue weighted by Gasteiger charge is -2.15. The van der Waals surface area contributed by atoms with Crippen molar-refractivity contribution in [3.8, 4) is 0 Å². The van der Waals surface area contributed by atoms with Crippen molar-refractivity contribution in [1.29, 1.82) is 0 Å². The number of carboxylic acids is 1. The maximum Gasteiger partial charge on any atom is 0.323 e. The third-order valence-electron chi connectivity index (χ3n) is 1.51. The Morgan fingerprint density at radius 3 is 2.06 bits per heavy atom. The van der Waals surface area contributed by atoms with Crippen LogP contribution >= 0.6 is 25.3 Å². The van der Waals surface area contributed by atoms with Gasteiger partial charge in [-0.05, 0) is 0 Å². The van der Waals surface area contributed by atoms with Gasteiger partial charge in [0.25, 0.3) is 0 Å². The lowest BCUT2D eigenvalue weighted by atomic mass is 10.3. The number of amides is 2. The Hall–Kier alpha value is -0.970. The highest BCUT2D eigenvalue weighted by atomic mass is 32.1. The second kappa shape index (κ2) is 9.10. The Kier molecular flexibility index (Phi) is 8.58. The number of hydrogen-bond donors (Lipinski definition) is 7. The molecular weight excluding hydrogens is 268 g/mol. The number of nitrogens with one attached hydrogen (secondary N) is 4. The second-order valence-corrected chi connectivity index (χ2v) is 3.46. The van der Waals surface area contributed by atoms with Crippen molar-refractivity contribution in [2.75, 3.05) is 18.1 Å². The van der Waals surface area contributed by atoms with E-state index in [1.807, 2.05) is 0 Å². The van der Waals surface area contributed by atoms with Crippen molar-refractivity contribution in [1.82, 2.24) is 21.7 Å². The first kappa shape index (κ1) is 16.0. The van der Waals surface area contributed by atoms with Gasteiger partial charge in [0.15, 0.2) is 0 Å². The number of thiol groups is 2. The summed E-state index contributed by atoms with van der Waals surface area (Å²) < 4.78 is 0. The molecule has 0 aliphatic carbocycles. The van der Waals surface area contributed by atoms with Crippen LogP contribution in [0.1, 0.15) is 0 Å². The molecule has 0 aromatic heterocycles. The van der Waals surface area contributed by atoms with Crippen molar-refractivity contribution < 1.29 is 19.5 Å². The number of aliphatic carboxylic acids is 1. The number of hydrazine groups is 2. The first-order valence-corrected chi connectivity index (χ1v) is 5.78. The van der Waals surface area contributed by atoms with E-state index in [2.05, 4.69) is 47.0 Å². The molecule has 0 saturated heterocycles. The van der Waals surface area contributed by atoms with E-state index in [-0.39, 0.29) is 18.1 Å². The highest BCUT2D eigenvalue weighted by Crippen LogP contribution is 1.80. The van der Waals surface area contributed by atoms with Crippen LogP contribution in [0.25, 0.3) is 0 Å². The predicted octanol–water partition coefficient (Wildman–Crippen LogP) is -2.46. The van der Waals surface area contributed by atoms with Gasteiger partial charge < -0.3 is 5.11 Å². The van der Waals surface area contributed by atoms with Crippen LogP contribution in [-0.4, -0.2) is 47.0 Å². The lowest BCUT2D eigenvalue weighted by molar-refractivity contribution is -0.140. The Labute approximate surface area is 109 Å². The van der Waals surface area contributed by atoms with Gasteiger partial charge in [-0.3, -0.25) is 25.2 Å². The predicted molar refractivity (Wildman–Crippen MR) is 66.6 cm³/mol. The smallest absolute Gasteiger partial charge is 0.323 e. The average molecular weight is 282 g/mol. The minimum atomic E-state index is -1.18. The van der Waals surface area contributed by atoms with E-state index in [1.165, 1.54) is 0 Å². The van der Waals surface area contributed by atoms with Gasteiger partial charge in [0.1, 0.15) is 6.04 Å². The zero-order valence-electron chi connectivity index (χ0n) is 8.77. The van der Waals surface area contributed by atoms with E-state index < -0.39 is 23.8 Å². The molecule has 0 radical (unpaired) electrons. The summed E-state index contributed by atoms with van der Waals surface area (Å²) in [7, 11) is 0. The van der Waals surface area contributed by atoms with Gasteiger partial charge in [-0.2, -0.15) is 25.3 Å². The third kappa shape index (κ3) is 7.85. The molecule has 10 heteroatoms. The quantitative estimate of drug-likeness (QED) is 0.196. The Morgan fingerprint density at radius 1 is 1.06 bits per heavy atom. The molecule has 17 heavy (non-hydrogen) atoms. The molecule has 0 spiro atoms. The SMILES string of the molecule is O=C(CS)NNCC(NNC(=O)CS)C(=O)O. The summed E-state index contributed by atoms with van der Waals surface area (Å²) in [6, 6.07) is -1.08. The van der Waals surface area contributed by atoms with Gasteiger partial charge in [-0.1, -0.05) is 0 Å². The second-order valence-electron chi connectivity index (χ2n) is 2.83. The van der Waals surface area contributed by atoms with Crippen LogP contribution in [-0.2, 0) is 14.4 Å². The van der Waals surface area contributed by atoms with Gasteiger partial charge >= 0.3 is 5.97 Å². The Morgan fingerprint density at radius 2 is 1.59 bits per heavy atom. The molecule has 8 nitrogen and oxygen atoms in total. The summed E-state index contributed by atoms with van der Waals surface area (Å²) in [6.07, 6.45) is 0. The van der Waals surface area contributed by atoms with Gasteiger partial charge in [-0.15, -0.1) is 0 Å². The summed E-state index contributed by atoms with van der Waals surface area (Å²) in [4.78, 5) is 32.3. The van der Waals surface area contributed by atoms with Crippen LogP contribution in [0.15, 0.2) is 0 Å². The molecule has 0 aliphatic rings. The molecule has 0 aliphatic heterocycles. The van der Waals surface area contributed by atoms with Crippen molar-refractivity contribution in [2.24, 2.45) is 0 Å². The molecule has 5 N–H and O–H groups in total. The minimum absolute atomic E-state index is 0.0193. The first-order valence-electron chi connectivity index (χ1n) is 4.51. The van der Waals surface area contributed by atoms with E-state index in [0.717, 1.165) is 0 Å². The van der Waals surface area contributed by atoms with Crippen molar-refractivity contribution in [2.45, 2.75) is 6.04 Å². The first-order chi connectivity index (χ1) is 8.01. The summed E-state index contributed by atoms with van der Waals surface area (Å²) in [6.45, 7) is -0.109. The fraction of sp³-hybridized carbons (Fsp3) is 0.571. The molecule has 98 valence electrons. The number of carboxylic acid groups (broad SMARTS) is 1. The molecule has 0 aromatic rings. The fourth-order valence-electron chi connectivity index (χ4n) is 0.698. The lowest BCUT2D eigenvalue weighted by Crippen LogP contribution is -2.55. The van der Waals surface area contributed by atoms with Crippen LogP contribution in [0.2, 0.25) is 0 Å². The van der Waals surface area contributed by atoms with Crippen molar-refractivity contribution in [3.63, 3.8) is 0 Å². The van der Waals surface area contributed by atoms with Crippen LogP contribution < -0.4 is 21.7 Å². The zero-order valence-corrected chi connectivity index (χ0v) is 10.6.